The van der Waals surface area contributed by atoms with E-state index in [9.17, 15) is 9.18 Å². The van der Waals surface area contributed by atoms with Crippen molar-refractivity contribution in [3.8, 4) is 16.3 Å². The fourth-order valence-corrected chi connectivity index (χ4v) is 3.05. The molecule has 3 aromatic rings. The number of carbonyl (C=O) groups excluding carboxylic acids is 1. The van der Waals surface area contributed by atoms with Gasteiger partial charge in [0.05, 0.1) is 19.2 Å². The monoisotopic (exact) mass is 357 g/mol. The molecule has 25 heavy (non-hydrogen) atoms. The molecule has 0 saturated heterocycles. The van der Waals surface area contributed by atoms with Gasteiger partial charge in [-0.3, -0.25) is 4.79 Å². The first kappa shape index (κ1) is 17.1. The van der Waals surface area contributed by atoms with E-state index in [1.807, 2.05) is 29.6 Å². The highest BCUT2D eigenvalue weighted by molar-refractivity contribution is 7.13. The van der Waals surface area contributed by atoms with Crippen LogP contribution in [0.25, 0.3) is 10.6 Å². The SMILES string of the molecule is COc1ccc(-c2nc(CC(=O)OCc3ccccc3F)cs2)cc1. The number of nitrogens with zero attached hydrogens (tertiary/aromatic N) is 1. The van der Waals surface area contributed by atoms with Crippen molar-refractivity contribution in [1.29, 1.82) is 0 Å². The number of rotatable bonds is 6. The highest BCUT2D eigenvalue weighted by atomic mass is 32.1. The largest absolute Gasteiger partial charge is 0.497 e. The molecular weight excluding hydrogens is 341 g/mol. The van der Waals surface area contributed by atoms with Gasteiger partial charge in [-0.2, -0.15) is 0 Å². The first-order valence-corrected chi connectivity index (χ1v) is 8.51. The third kappa shape index (κ3) is 4.42. The Balaban J connectivity index is 1.59. The van der Waals surface area contributed by atoms with Crippen LogP contribution < -0.4 is 4.74 Å². The van der Waals surface area contributed by atoms with Crippen LogP contribution in [0.2, 0.25) is 0 Å². The smallest absolute Gasteiger partial charge is 0.312 e. The minimum absolute atomic E-state index is 0.0567. The number of carbonyl (C=O) groups is 1. The number of halogens is 1. The third-order valence-electron chi connectivity index (χ3n) is 3.56. The van der Waals surface area contributed by atoms with E-state index in [0.717, 1.165) is 16.3 Å². The lowest BCUT2D eigenvalue weighted by Crippen LogP contribution is -2.09. The number of esters is 1. The van der Waals surface area contributed by atoms with Crippen LogP contribution in [0.5, 0.6) is 5.75 Å². The maximum absolute atomic E-state index is 13.5. The van der Waals surface area contributed by atoms with Crippen molar-refractivity contribution >= 4 is 17.3 Å². The molecule has 3 rings (SSSR count). The Morgan fingerprint density at radius 2 is 1.92 bits per heavy atom. The van der Waals surface area contributed by atoms with Crippen molar-refractivity contribution in [2.24, 2.45) is 0 Å². The number of ether oxygens (including phenoxy) is 2. The lowest BCUT2D eigenvalue weighted by atomic mass is 10.2. The standard InChI is InChI=1S/C19H16FNO3S/c1-23-16-8-6-13(7-9-16)19-21-15(12-25-19)10-18(22)24-11-14-4-2-3-5-17(14)20/h2-9,12H,10-11H2,1H3. The van der Waals surface area contributed by atoms with Crippen LogP contribution in [0.1, 0.15) is 11.3 Å². The van der Waals surface area contributed by atoms with E-state index in [1.54, 1.807) is 25.3 Å². The second-order valence-electron chi connectivity index (χ2n) is 5.30. The number of hydrogen-bond donors (Lipinski definition) is 0. The molecule has 0 aliphatic rings. The molecule has 128 valence electrons. The van der Waals surface area contributed by atoms with Gasteiger partial charge < -0.3 is 9.47 Å². The molecule has 6 heteroatoms. The Morgan fingerprint density at radius 3 is 2.64 bits per heavy atom. The lowest BCUT2D eigenvalue weighted by Gasteiger charge is -2.04. The Labute approximate surface area is 148 Å². The maximum Gasteiger partial charge on any atom is 0.312 e. The Kier molecular flexibility index (Phi) is 5.40. The van der Waals surface area contributed by atoms with E-state index in [2.05, 4.69) is 4.98 Å². The number of thiazole rings is 1. The van der Waals surface area contributed by atoms with E-state index in [1.165, 1.54) is 17.4 Å². The van der Waals surface area contributed by atoms with Gasteiger partial charge in [0.25, 0.3) is 0 Å². The van der Waals surface area contributed by atoms with Gasteiger partial charge in [-0.25, -0.2) is 9.37 Å². The summed E-state index contributed by atoms with van der Waals surface area (Å²) < 4.78 is 23.8. The zero-order valence-electron chi connectivity index (χ0n) is 13.6. The molecule has 0 atom stereocenters. The normalized spacial score (nSPS) is 10.5. The van der Waals surface area contributed by atoms with Crippen molar-refractivity contribution in [3.63, 3.8) is 0 Å². The Hall–Kier alpha value is -2.73. The molecule has 0 amide bonds. The summed E-state index contributed by atoms with van der Waals surface area (Å²) in [5, 5.41) is 2.64. The van der Waals surface area contributed by atoms with E-state index < -0.39 is 5.97 Å². The summed E-state index contributed by atoms with van der Waals surface area (Å²) in [6.45, 7) is -0.0824. The van der Waals surface area contributed by atoms with Gasteiger partial charge in [-0.1, -0.05) is 18.2 Å². The van der Waals surface area contributed by atoms with Crippen LogP contribution in [0.3, 0.4) is 0 Å². The summed E-state index contributed by atoms with van der Waals surface area (Å²) in [5.41, 5.74) is 1.94. The summed E-state index contributed by atoms with van der Waals surface area (Å²) in [5.74, 6) is -0.0437. The highest BCUT2D eigenvalue weighted by Gasteiger charge is 2.11. The fraction of sp³-hybridized carbons (Fsp3) is 0.158. The average Bonchev–Trinajstić information content (AvgIpc) is 3.09. The average molecular weight is 357 g/mol. The quantitative estimate of drug-likeness (QED) is 0.619. The minimum Gasteiger partial charge on any atom is -0.497 e. The van der Waals surface area contributed by atoms with Gasteiger partial charge in [0.15, 0.2) is 0 Å². The molecular formula is C19H16FNO3S. The number of benzene rings is 2. The molecule has 0 radical (unpaired) electrons. The molecule has 2 aromatic carbocycles. The van der Waals surface area contributed by atoms with Gasteiger partial charge in [0, 0.05) is 16.5 Å². The topological polar surface area (TPSA) is 48.4 Å². The van der Waals surface area contributed by atoms with Crippen molar-refractivity contribution < 1.29 is 18.7 Å². The first-order valence-electron chi connectivity index (χ1n) is 7.63. The van der Waals surface area contributed by atoms with E-state index >= 15 is 0 Å². The van der Waals surface area contributed by atoms with Crippen LogP contribution in [0, 0.1) is 5.82 Å². The Morgan fingerprint density at radius 1 is 1.16 bits per heavy atom. The van der Waals surface area contributed by atoms with Crippen molar-refractivity contribution in [2.75, 3.05) is 7.11 Å². The zero-order chi connectivity index (χ0) is 17.6. The van der Waals surface area contributed by atoms with E-state index in [4.69, 9.17) is 9.47 Å². The van der Waals surface area contributed by atoms with Crippen LogP contribution in [-0.2, 0) is 22.6 Å². The predicted octanol–water partition coefficient (Wildman–Crippen LogP) is 4.24. The molecule has 0 N–H and O–H groups in total. The van der Waals surface area contributed by atoms with Crippen LogP contribution in [0.15, 0.2) is 53.9 Å². The van der Waals surface area contributed by atoms with E-state index in [0.29, 0.717) is 11.3 Å². The van der Waals surface area contributed by atoms with Gasteiger partial charge in [0.1, 0.15) is 23.2 Å². The highest BCUT2D eigenvalue weighted by Crippen LogP contribution is 2.26. The summed E-state index contributed by atoms with van der Waals surface area (Å²) >= 11 is 1.46. The minimum atomic E-state index is -0.435. The van der Waals surface area contributed by atoms with Crippen LogP contribution >= 0.6 is 11.3 Å². The van der Waals surface area contributed by atoms with Crippen molar-refractivity contribution in [1.82, 2.24) is 4.98 Å². The molecule has 0 fully saturated rings. The number of methoxy groups -OCH3 is 1. The summed E-state index contributed by atoms with van der Waals surface area (Å²) in [7, 11) is 1.61. The van der Waals surface area contributed by atoms with Crippen molar-refractivity contribution in [3.05, 3.63) is 71.0 Å². The summed E-state index contributed by atoms with van der Waals surface area (Å²) in [6.07, 6.45) is 0.0567. The molecule has 4 nitrogen and oxygen atoms in total. The second kappa shape index (κ2) is 7.90. The number of aromatic nitrogens is 1. The number of hydrogen-bond acceptors (Lipinski definition) is 5. The van der Waals surface area contributed by atoms with Gasteiger partial charge >= 0.3 is 5.97 Å². The molecule has 0 aliphatic heterocycles. The molecule has 0 unspecified atom stereocenters. The predicted molar refractivity (Wildman–Crippen MR) is 94.0 cm³/mol. The lowest BCUT2D eigenvalue weighted by molar-refractivity contribution is -0.144. The zero-order valence-corrected chi connectivity index (χ0v) is 14.4. The maximum atomic E-state index is 13.5. The first-order chi connectivity index (χ1) is 12.2. The Bertz CT molecular complexity index is 861. The van der Waals surface area contributed by atoms with Crippen molar-refractivity contribution in [2.45, 2.75) is 13.0 Å². The third-order valence-corrected chi connectivity index (χ3v) is 4.50. The van der Waals surface area contributed by atoms with Crippen LogP contribution in [0.4, 0.5) is 4.39 Å². The second-order valence-corrected chi connectivity index (χ2v) is 6.16. The molecule has 1 aromatic heterocycles. The van der Waals surface area contributed by atoms with Gasteiger partial charge in [-0.15, -0.1) is 11.3 Å². The van der Waals surface area contributed by atoms with Gasteiger partial charge in [-0.05, 0) is 30.3 Å². The van der Waals surface area contributed by atoms with E-state index in [-0.39, 0.29) is 18.8 Å². The summed E-state index contributed by atoms with van der Waals surface area (Å²) in [4.78, 5) is 16.4. The molecule has 1 heterocycles. The molecule has 0 spiro atoms. The van der Waals surface area contributed by atoms with Gasteiger partial charge in [0.2, 0.25) is 0 Å². The molecule has 0 bridgehead atoms. The summed E-state index contributed by atoms with van der Waals surface area (Å²) in [6, 6.07) is 13.8. The fourth-order valence-electron chi connectivity index (χ4n) is 2.23. The van der Waals surface area contributed by atoms with Crippen LogP contribution in [-0.4, -0.2) is 18.1 Å². The molecule has 0 saturated carbocycles. The molecule has 0 aliphatic carbocycles.